The van der Waals surface area contributed by atoms with Crippen LogP contribution < -0.4 is 11.1 Å². The summed E-state index contributed by atoms with van der Waals surface area (Å²) in [6.45, 7) is 8.54. The van der Waals surface area contributed by atoms with Crippen molar-refractivity contribution < 1.29 is 4.79 Å². The molecule has 3 N–H and O–H groups in total. The number of benzene rings is 2. The Morgan fingerprint density at radius 1 is 1.13 bits per heavy atom. The van der Waals surface area contributed by atoms with Crippen LogP contribution >= 0.6 is 0 Å². The number of nitrogens with one attached hydrogen (secondary N) is 1. The molecule has 1 atom stereocenters. The molecule has 0 aliphatic carbocycles. The molecule has 0 aromatic heterocycles. The zero-order chi connectivity index (χ0) is 17.0. The molecule has 2 rings (SSSR count). The Labute approximate surface area is 138 Å². The smallest absolute Gasteiger partial charge is 0.241 e. The van der Waals surface area contributed by atoms with Crippen LogP contribution in [0.5, 0.6) is 0 Å². The molecule has 0 radical (unpaired) electrons. The van der Waals surface area contributed by atoms with E-state index >= 15 is 0 Å². The first-order chi connectivity index (χ1) is 10.8. The van der Waals surface area contributed by atoms with Gasteiger partial charge in [0.25, 0.3) is 0 Å². The largest absolute Gasteiger partial charge is 0.324 e. The Bertz CT molecular complexity index is 672. The fourth-order valence-electron chi connectivity index (χ4n) is 2.46. The third kappa shape index (κ3) is 4.67. The van der Waals surface area contributed by atoms with Gasteiger partial charge in [0.2, 0.25) is 5.91 Å². The van der Waals surface area contributed by atoms with Crippen molar-refractivity contribution in [3.63, 3.8) is 0 Å². The van der Waals surface area contributed by atoms with E-state index < -0.39 is 6.04 Å². The summed E-state index contributed by atoms with van der Waals surface area (Å²) in [4.78, 5) is 12.3. The van der Waals surface area contributed by atoms with E-state index in [1.165, 1.54) is 5.56 Å². The number of carbonyl (C=O) groups is 1. The fourth-order valence-corrected chi connectivity index (χ4v) is 2.46. The SMILES string of the molecule is Cc1cc(C(C)(C)C)ccc1NC(=O)C(N)Cc1ccccc1. The highest BCUT2D eigenvalue weighted by molar-refractivity contribution is 5.95. The van der Waals surface area contributed by atoms with Gasteiger partial charge < -0.3 is 11.1 Å². The topological polar surface area (TPSA) is 55.1 Å². The average Bonchev–Trinajstić information content (AvgIpc) is 2.49. The molecule has 0 spiro atoms. The third-order valence-electron chi connectivity index (χ3n) is 3.99. The van der Waals surface area contributed by atoms with Crippen molar-refractivity contribution in [2.24, 2.45) is 5.73 Å². The lowest BCUT2D eigenvalue weighted by Crippen LogP contribution is -2.37. The van der Waals surface area contributed by atoms with Gasteiger partial charge in [-0.1, -0.05) is 63.2 Å². The van der Waals surface area contributed by atoms with Crippen LogP contribution in [-0.4, -0.2) is 11.9 Å². The molecule has 23 heavy (non-hydrogen) atoms. The van der Waals surface area contributed by atoms with Crippen LogP contribution in [0.4, 0.5) is 5.69 Å². The zero-order valence-electron chi connectivity index (χ0n) is 14.4. The van der Waals surface area contributed by atoms with Crippen molar-refractivity contribution in [3.05, 3.63) is 65.2 Å². The fraction of sp³-hybridized carbons (Fsp3) is 0.350. The van der Waals surface area contributed by atoms with E-state index in [0.717, 1.165) is 16.8 Å². The second-order valence-corrected chi connectivity index (χ2v) is 7.07. The lowest BCUT2D eigenvalue weighted by Gasteiger charge is -2.21. The minimum absolute atomic E-state index is 0.0943. The van der Waals surface area contributed by atoms with E-state index in [0.29, 0.717) is 6.42 Å². The van der Waals surface area contributed by atoms with Crippen LogP contribution in [0, 0.1) is 6.92 Å². The first-order valence-corrected chi connectivity index (χ1v) is 7.99. The maximum atomic E-state index is 12.3. The van der Waals surface area contributed by atoms with E-state index in [1.54, 1.807) is 0 Å². The van der Waals surface area contributed by atoms with Gasteiger partial charge in [-0.3, -0.25) is 4.79 Å². The van der Waals surface area contributed by atoms with Crippen molar-refractivity contribution in [1.29, 1.82) is 0 Å². The standard InChI is InChI=1S/C20H26N2O/c1-14-12-16(20(2,3)4)10-11-18(14)22-19(23)17(21)13-15-8-6-5-7-9-15/h5-12,17H,13,21H2,1-4H3,(H,22,23). The van der Waals surface area contributed by atoms with E-state index in [-0.39, 0.29) is 11.3 Å². The molecular weight excluding hydrogens is 284 g/mol. The van der Waals surface area contributed by atoms with Gasteiger partial charge >= 0.3 is 0 Å². The Hall–Kier alpha value is -2.13. The maximum Gasteiger partial charge on any atom is 0.241 e. The first-order valence-electron chi connectivity index (χ1n) is 7.99. The monoisotopic (exact) mass is 310 g/mol. The summed E-state index contributed by atoms with van der Waals surface area (Å²) in [6.07, 6.45) is 0.534. The maximum absolute atomic E-state index is 12.3. The van der Waals surface area contributed by atoms with Gasteiger partial charge in [-0.15, -0.1) is 0 Å². The Morgan fingerprint density at radius 2 is 1.78 bits per heavy atom. The number of carbonyl (C=O) groups excluding carboxylic acids is 1. The van der Waals surface area contributed by atoms with Crippen LogP contribution in [0.1, 0.15) is 37.5 Å². The Balaban J connectivity index is 2.05. The molecular formula is C20H26N2O. The summed E-state index contributed by atoms with van der Waals surface area (Å²) < 4.78 is 0. The van der Waals surface area contributed by atoms with Gasteiger partial charge in [0.1, 0.15) is 0 Å². The summed E-state index contributed by atoms with van der Waals surface area (Å²) in [5.74, 6) is -0.152. The summed E-state index contributed by atoms with van der Waals surface area (Å²) in [5.41, 5.74) is 10.3. The zero-order valence-corrected chi connectivity index (χ0v) is 14.4. The summed E-state index contributed by atoms with van der Waals surface area (Å²) in [7, 11) is 0. The minimum atomic E-state index is -0.556. The van der Waals surface area contributed by atoms with Crippen LogP contribution in [0.25, 0.3) is 0 Å². The molecule has 0 fully saturated rings. The van der Waals surface area contributed by atoms with Crippen molar-refractivity contribution in [1.82, 2.24) is 0 Å². The summed E-state index contributed by atoms with van der Waals surface area (Å²) >= 11 is 0. The molecule has 122 valence electrons. The van der Waals surface area contributed by atoms with Crippen molar-refractivity contribution in [3.8, 4) is 0 Å². The molecule has 0 saturated heterocycles. The van der Waals surface area contributed by atoms with E-state index in [1.807, 2.05) is 43.3 Å². The van der Waals surface area contributed by atoms with E-state index in [2.05, 4.69) is 38.2 Å². The number of amides is 1. The van der Waals surface area contributed by atoms with Crippen molar-refractivity contribution in [2.75, 3.05) is 5.32 Å². The highest BCUT2D eigenvalue weighted by Gasteiger charge is 2.17. The summed E-state index contributed by atoms with van der Waals surface area (Å²) in [5, 5.41) is 2.94. The van der Waals surface area contributed by atoms with E-state index in [9.17, 15) is 4.79 Å². The van der Waals surface area contributed by atoms with Crippen LogP contribution in [0.15, 0.2) is 48.5 Å². The second kappa shape index (κ2) is 6.97. The predicted molar refractivity (Wildman–Crippen MR) is 96.6 cm³/mol. The molecule has 1 amide bonds. The van der Waals surface area contributed by atoms with Gasteiger partial charge in [-0.2, -0.15) is 0 Å². The molecule has 0 heterocycles. The molecule has 0 aliphatic rings. The molecule has 3 heteroatoms. The van der Waals surface area contributed by atoms with Gasteiger partial charge in [0.15, 0.2) is 0 Å². The third-order valence-corrected chi connectivity index (χ3v) is 3.99. The molecule has 3 nitrogen and oxygen atoms in total. The minimum Gasteiger partial charge on any atom is -0.324 e. The van der Waals surface area contributed by atoms with E-state index in [4.69, 9.17) is 5.73 Å². The Morgan fingerprint density at radius 3 is 2.35 bits per heavy atom. The van der Waals surface area contributed by atoms with Crippen molar-refractivity contribution in [2.45, 2.75) is 45.6 Å². The summed E-state index contributed by atoms with van der Waals surface area (Å²) in [6, 6.07) is 15.4. The molecule has 2 aromatic carbocycles. The highest BCUT2D eigenvalue weighted by Crippen LogP contribution is 2.26. The van der Waals surface area contributed by atoms with Gasteiger partial charge in [-0.25, -0.2) is 0 Å². The number of rotatable bonds is 4. The molecule has 0 aliphatic heterocycles. The number of nitrogens with two attached hydrogens (primary N) is 1. The van der Waals surface area contributed by atoms with Crippen LogP contribution in [0.3, 0.4) is 0 Å². The average molecular weight is 310 g/mol. The number of anilines is 1. The first kappa shape index (κ1) is 17.2. The molecule has 0 saturated carbocycles. The molecule has 1 unspecified atom stereocenters. The highest BCUT2D eigenvalue weighted by atomic mass is 16.2. The van der Waals surface area contributed by atoms with Gasteiger partial charge in [0.05, 0.1) is 6.04 Å². The number of hydrogen-bond donors (Lipinski definition) is 2. The number of aryl methyl sites for hydroxylation is 1. The molecule has 2 aromatic rings. The normalized spacial score (nSPS) is 12.7. The predicted octanol–water partition coefficient (Wildman–Crippen LogP) is 3.80. The van der Waals surface area contributed by atoms with Gasteiger partial charge in [-0.05, 0) is 41.5 Å². The second-order valence-electron chi connectivity index (χ2n) is 7.07. The quantitative estimate of drug-likeness (QED) is 0.902. The number of hydrogen-bond acceptors (Lipinski definition) is 2. The van der Waals surface area contributed by atoms with Crippen LogP contribution in [0.2, 0.25) is 0 Å². The Kier molecular flexibility index (Phi) is 5.22. The lowest BCUT2D eigenvalue weighted by atomic mass is 9.86. The van der Waals surface area contributed by atoms with Crippen molar-refractivity contribution >= 4 is 11.6 Å². The molecule has 0 bridgehead atoms. The van der Waals surface area contributed by atoms with Gasteiger partial charge in [0, 0.05) is 5.69 Å². The van der Waals surface area contributed by atoms with Crippen LogP contribution in [-0.2, 0) is 16.6 Å². The lowest BCUT2D eigenvalue weighted by molar-refractivity contribution is -0.117.